The van der Waals surface area contributed by atoms with Gasteiger partial charge in [0.25, 0.3) is 0 Å². The third kappa shape index (κ3) is 2.90. The Kier molecular flexibility index (Phi) is 5.01. The van der Waals surface area contributed by atoms with Crippen molar-refractivity contribution in [1.82, 2.24) is 0 Å². The van der Waals surface area contributed by atoms with Crippen molar-refractivity contribution in [2.24, 2.45) is 0 Å². The molecule has 0 spiro atoms. The van der Waals surface area contributed by atoms with Gasteiger partial charge in [-0.15, -0.1) is 17.6 Å². The zero-order valence-corrected chi connectivity index (χ0v) is 9.92. The van der Waals surface area contributed by atoms with Crippen molar-refractivity contribution in [3.05, 3.63) is 0 Å². The summed E-state index contributed by atoms with van der Waals surface area (Å²) in [7, 11) is 0. The molecule has 22 heavy (non-hydrogen) atoms. The lowest BCUT2D eigenvalue weighted by atomic mass is 10.3. The Hall–Kier alpha value is -0.670. The highest BCUT2D eigenvalue weighted by Gasteiger charge is 2.89. The molecule has 0 radical (unpaired) electrons. The number of rotatable bonds is 4. The molecular weight excluding hydrogens is 386 g/mol. The van der Waals surface area contributed by atoms with E-state index < -0.39 is 45.9 Å². The van der Waals surface area contributed by atoms with Crippen molar-refractivity contribution in [3.63, 3.8) is 0 Å². The second-order valence-corrected chi connectivity index (χ2v) is 5.01. The lowest BCUT2D eigenvalue weighted by Crippen LogP contribution is -2.65. The molecule has 0 saturated heterocycles. The quantitative estimate of drug-likeness (QED) is 0.522. The van der Waals surface area contributed by atoms with Gasteiger partial charge < -0.3 is 4.55 Å². The zero-order chi connectivity index (χ0) is 18.6. The molecule has 0 bridgehead atoms. The Morgan fingerprint density at radius 1 is 0.455 bits per heavy atom. The molecule has 0 aliphatic rings. The van der Waals surface area contributed by atoms with E-state index >= 15 is 0 Å². The first-order valence-electron chi connectivity index (χ1n) is 4.22. The third-order valence-electron chi connectivity index (χ3n) is 1.91. The normalized spacial score (nSPS) is 16.4. The predicted molar refractivity (Wildman–Crippen MR) is 40.0 cm³/mol. The number of alkyl halides is 14. The highest BCUT2D eigenvalue weighted by molar-refractivity contribution is 7.93. The van der Waals surface area contributed by atoms with Gasteiger partial charge >= 0.3 is 34.7 Å². The molecule has 0 fully saturated rings. The molecule has 0 aliphatic heterocycles. The van der Waals surface area contributed by atoms with Crippen molar-refractivity contribution in [2.45, 2.75) is 34.7 Å². The van der Waals surface area contributed by atoms with E-state index in [9.17, 15) is 66.0 Å². The van der Waals surface area contributed by atoms with Gasteiger partial charge in [-0.25, -0.2) is 0 Å². The molecule has 0 rings (SSSR count). The SMILES string of the molecule is [O-][S+](C(F)(F)C(F)(F)C(F)(F)F)C(F)(F)C(F)(F)C(F)(F)F. The second-order valence-electron chi connectivity index (χ2n) is 3.45. The van der Waals surface area contributed by atoms with E-state index in [0.29, 0.717) is 0 Å². The average Bonchev–Trinajstić information content (AvgIpc) is 2.24. The summed E-state index contributed by atoms with van der Waals surface area (Å²) in [6, 6.07) is 0. The Bertz CT molecular complexity index is 369. The maximum Gasteiger partial charge on any atom is 0.487 e. The second kappa shape index (κ2) is 5.17. The number of hydrogen-bond donors (Lipinski definition) is 0. The summed E-state index contributed by atoms with van der Waals surface area (Å²) in [4.78, 5) is 0. The lowest BCUT2D eigenvalue weighted by Gasteiger charge is -2.34. The van der Waals surface area contributed by atoms with E-state index in [4.69, 9.17) is 0 Å². The first-order chi connectivity index (χ1) is 9.15. The summed E-state index contributed by atoms with van der Waals surface area (Å²) in [6.45, 7) is 0. The molecule has 0 amide bonds. The molecule has 0 N–H and O–H groups in total. The third-order valence-corrected chi connectivity index (χ3v) is 3.35. The Labute approximate surface area is 113 Å². The first kappa shape index (κ1) is 21.3. The van der Waals surface area contributed by atoms with Crippen LogP contribution in [0.1, 0.15) is 0 Å². The molecule has 134 valence electrons. The van der Waals surface area contributed by atoms with Crippen LogP contribution in [0, 0.1) is 0 Å². The van der Waals surface area contributed by atoms with Crippen LogP contribution in [0.25, 0.3) is 0 Å². The van der Waals surface area contributed by atoms with Crippen LogP contribution in [0.2, 0.25) is 0 Å². The first-order valence-corrected chi connectivity index (χ1v) is 5.37. The molecule has 0 aromatic carbocycles. The van der Waals surface area contributed by atoms with E-state index in [2.05, 4.69) is 0 Å². The minimum absolute atomic E-state index is 6.58. The van der Waals surface area contributed by atoms with Crippen LogP contribution >= 0.6 is 0 Å². The fourth-order valence-corrected chi connectivity index (χ4v) is 1.74. The Balaban J connectivity index is 6.00. The van der Waals surface area contributed by atoms with Crippen LogP contribution in [-0.4, -0.2) is 39.3 Å². The Morgan fingerprint density at radius 2 is 0.636 bits per heavy atom. The lowest BCUT2D eigenvalue weighted by molar-refractivity contribution is -0.344. The van der Waals surface area contributed by atoms with E-state index in [1.54, 1.807) is 0 Å². The highest BCUT2D eigenvalue weighted by Crippen LogP contribution is 2.57. The van der Waals surface area contributed by atoms with Gasteiger partial charge in [-0.3, -0.25) is 0 Å². The topological polar surface area (TPSA) is 23.1 Å². The molecule has 0 aromatic rings. The summed E-state index contributed by atoms with van der Waals surface area (Å²) < 4.78 is 179. The Morgan fingerprint density at radius 3 is 0.773 bits per heavy atom. The van der Waals surface area contributed by atoms with Gasteiger partial charge in [-0.2, -0.15) is 43.9 Å². The smallest absolute Gasteiger partial charge is 0.487 e. The largest absolute Gasteiger partial charge is 0.607 e. The van der Waals surface area contributed by atoms with Crippen LogP contribution in [0.5, 0.6) is 0 Å². The van der Waals surface area contributed by atoms with Gasteiger partial charge in [0.05, 0.1) is 0 Å². The summed E-state index contributed by atoms with van der Waals surface area (Å²) >= 11 is -6.58. The number of hydrogen-bond acceptors (Lipinski definition) is 1. The minimum Gasteiger partial charge on any atom is -0.607 e. The molecule has 0 aromatic heterocycles. The van der Waals surface area contributed by atoms with Crippen molar-refractivity contribution in [3.8, 4) is 0 Å². The van der Waals surface area contributed by atoms with Gasteiger partial charge in [-0.1, -0.05) is 0 Å². The summed E-state index contributed by atoms with van der Waals surface area (Å²) in [5.41, 5.74) is 0. The van der Waals surface area contributed by atoms with E-state index in [-0.39, 0.29) is 0 Å². The molecule has 0 saturated carbocycles. The fourth-order valence-electron chi connectivity index (χ4n) is 0.724. The summed E-state index contributed by atoms with van der Waals surface area (Å²) in [6.07, 6.45) is -14.7. The molecular formula is C6F14OS. The van der Waals surface area contributed by atoms with Crippen molar-refractivity contribution in [2.75, 3.05) is 0 Å². The minimum atomic E-state index is -7.56. The van der Waals surface area contributed by atoms with Gasteiger partial charge in [0.15, 0.2) is 0 Å². The van der Waals surface area contributed by atoms with Crippen LogP contribution in [0.3, 0.4) is 0 Å². The summed E-state index contributed by atoms with van der Waals surface area (Å²) in [5, 5.41) is -14.9. The van der Waals surface area contributed by atoms with E-state index in [0.717, 1.165) is 0 Å². The molecule has 0 atom stereocenters. The van der Waals surface area contributed by atoms with Crippen molar-refractivity contribution in [1.29, 1.82) is 0 Å². The predicted octanol–water partition coefficient (Wildman–Crippen LogP) is 4.32. The standard InChI is InChI=1S/C6F14OS/c7-1(8,3(11,12)13)5(17,18)22(21)6(19,20)2(9,10)4(14,15)16. The van der Waals surface area contributed by atoms with E-state index in [1.807, 2.05) is 0 Å². The molecule has 0 heterocycles. The van der Waals surface area contributed by atoms with Crippen LogP contribution < -0.4 is 0 Å². The van der Waals surface area contributed by atoms with Gasteiger partial charge in [0.1, 0.15) is 11.2 Å². The molecule has 16 heteroatoms. The van der Waals surface area contributed by atoms with Crippen molar-refractivity contribution >= 4 is 11.2 Å². The van der Waals surface area contributed by atoms with Gasteiger partial charge in [-0.05, 0) is 0 Å². The maximum absolute atomic E-state index is 12.6. The highest BCUT2D eigenvalue weighted by atomic mass is 32.2. The zero-order valence-electron chi connectivity index (χ0n) is 9.11. The number of halogens is 14. The molecule has 0 unspecified atom stereocenters. The van der Waals surface area contributed by atoms with Gasteiger partial charge in [0, 0.05) is 0 Å². The van der Waals surface area contributed by atoms with Crippen molar-refractivity contribution < 1.29 is 66.0 Å². The van der Waals surface area contributed by atoms with Gasteiger partial charge in [0.2, 0.25) is 0 Å². The monoisotopic (exact) mass is 386 g/mol. The van der Waals surface area contributed by atoms with Crippen LogP contribution in [-0.2, 0) is 11.2 Å². The average molecular weight is 386 g/mol. The van der Waals surface area contributed by atoms with Crippen LogP contribution in [0.15, 0.2) is 0 Å². The van der Waals surface area contributed by atoms with E-state index in [1.165, 1.54) is 0 Å². The summed E-state index contributed by atoms with van der Waals surface area (Å²) in [5.74, 6) is -15.1. The molecule has 1 nitrogen and oxygen atoms in total. The van der Waals surface area contributed by atoms with Crippen LogP contribution in [0.4, 0.5) is 61.5 Å². The molecule has 0 aliphatic carbocycles. The fraction of sp³-hybridized carbons (Fsp3) is 1.00. The maximum atomic E-state index is 12.6.